The van der Waals surface area contributed by atoms with Gasteiger partial charge in [0.15, 0.2) is 22.9 Å². The molecule has 0 saturated heterocycles. The van der Waals surface area contributed by atoms with Gasteiger partial charge in [0.05, 0.1) is 4.92 Å². The van der Waals surface area contributed by atoms with E-state index in [0.29, 0.717) is 28.8 Å². The molecule has 14 heteroatoms. The molecular formula is C20H20N10O4. The number of non-ortho nitro benzene ring substituents is 1. The molecule has 2 aliphatic heterocycles. The Morgan fingerprint density at radius 3 is 1.88 bits per heavy atom. The topological polar surface area (TPSA) is 175 Å². The van der Waals surface area contributed by atoms with Gasteiger partial charge in [-0.25, -0.2) is 0 Å². The minimum absolute atomic E-state index is 0.0292. The lowest BCUT2D eigenvalue weighted by Gasteiger charge is -2.30. The number of benzene rings is 2. The van der Waals surface area contributed by atoms with E-state index in [4.69, 9.17) is 15.2 Å². The highest BCUT2D eigenvalue weighted by atomic mass is 16.6. The summed E-state index contributed by atoms with van der Waals surface area (Å²) in [7, 11) is 0. The normalized spacial score (nSPS) is 15.8. The second kappa shape index (κ2) is 7.19. The number of nitro benzene ring substituents is 1. The molecule has 0 saturated carbocycles. The maximum atomic E-state index is 10.8. The lowest BCUT2D eigenvalue weighted by molar-refractivity contribution is -0.384. The third-order valence-electron chi connectivity index (χ3n) is 5.34. The van der Waals surface area contributed by atoms with Crippen LogP contribution in [0.1, 0.15) is 39.3 Å². The number of nitrogens with two attached hydrogens (primary N) is 1. The highest BCUT2D eigenvalue weighted by molar-refractivity contribution is 5.58. The van der Waals surface area contributed by atoms with Crippen LogP contribution in [0.25, 0.3) is 11.4 Å². The summed E-state index contributed by atoms with van der Waals surface area (Å²) in [5, 5.41) is 33.7. The molecular weight excluding hydrogens is 444 g/mol. The number of fused-ring (bicyclic) bond motifs is 6. The number of nitrogens with zero attached hydrogens (tertiary/aromatic N) is 9. The Hall–Kier alpha value is -4.62. The molecule has 4 heterocycles. The zero-order valence-electron chi connectivity index (χ0n) is 18.7. The molecule has 0 amide bonds. The Morgan fingerprint density at radius 1 is 0.853 bits per heavy atom. The number of nitro groups is 1. The maximum Gasteiger partial charge on any atom is 0.271 e. The van der Waals surface area contributed by atoms with E-state index in [0.717, 1.165) is 11.4 Å². The molecule has 174 valence electrons. The molecule has 6 rings (SSSR count). The summed E-state index contributed by atoms with van der Waals surface area (Å²) in [5.41, 5.74) is 6.41. The van der Waals surface area contributed by atoms with Gasteiger partial charge in [0.1, 0.15) is 22.9 Å². The van der Waals surface area contributed by atoms with E-state index in [-0.39, 0.29) is 5.69 Å². The average molecular weight is 464 g/mol. The van der Waals surface area contributed by atoms with Crippen LogP contribution in [0.4, 0.5) is 11.4 Å². The van der Waals surface area contributed by atoms with E-state index in [1.807, 2.05) is 33.8 Å². The van der Waals surface area contributed by atoms with Crippen molar-refractivity contribution in [3.63, 3.8) is 0 Å². The first-order valence-electron chi connectivity index (χ1n) is 10.2. The van der Waals surface area contributed by atoms with E-state index in [1.165, 1.54) is 16.8 Å². The molecule has 0 bridgehead atoms. The lowest BCUT2D eigenvalue weighted by Crippen LogP contribution is -2.33. The molecule has 0 atom stereocenters. The largest absolute Gasteiger partial charge is 0.478 e. The van der Waals surface area contributed by atoms with Gasteiger partial charge in [-0.15, -0.1) is 10.2 Å². The molecule has 2 aromatic carbocycles. The fraction of sp³-hybridized carbons (Fsp3) is 0.300. The number of hydrogen-bond acceptors (Lipinski definition) is 11. The van der Waals surface area contributed by atoms with Gasteiger partial charge in [0.25, 0.3) is 5.69 Å². The van der Waals surface area contributed by atoms with Crippen molar-refractivity contribution in [2.45, 2.75) is 38.9 Å². The van der Waals surface area contributed by atoms with Crippen molar-refractivity contribution >= 4 is 11.4 Å². The number of hydrogen-bond donors (Lipinski definition) is 1. The van der Waals surface area contributed by atoms with Crippen LogP contribution >= 0.6 is 0 Å². The summed E-state index contributed by atoms with van der Waals surface area (Å²) in [6.45, 7) is 7.52. The van der Waals surface area contributed by atoms with Crippen LogP contribution in [0.2, 0.25) is 0 Å². The van der Waals surface area contributed by atoms with Gasteiger partial charge in [-0.1, -0.05) is 0 Å². The molecule has 34 heavy (non-hydrogen) atoms. The van der Waals surface area contributed by atoms with Crippen molar-refractivity contribution in [2.75, 3.05) is 5.73 Å². The van der Waals surface area contributed by atoms with Gasteiger partial charge in [0.2, 0.25) is 0 Å². The van der Waals surface area contributed by atoms with Gasteiger partial charge >= 0.3 is 0 Å². The molecule has 2 aliphatic rings. The Labute approximate surface area is 192 Å². The van der Waals surface area contributed by atoms with Crippen LogP contribution in [0.3, 0.4) is 0 Å². The second-order valence-corrected chi connectivity index (χ2v) is 8.69. The van der Waals surface area contributed by atoms with Crippen LogP contribution in [-0.4, -0.2) is 45.3 Å². The SMILES string of the molecule is CC1(C)Oc2ccc(N)cc2-n2nnnc21.CC1(C)Oc2ccc([N+](=O)[O-])cc2-n2nnnc21. The van der Waals surface area contributed by atoms with Crippen molar-refractivity contribution in [3.8, 4) is 22.9 Å². The van der Waals surface area contributed by atoms with Crippen LogP contribution < -0.4 is 15.2 Å². The van der Waals surface area contributed by atoms with E-state index in [2.05, 4.69) is 31.1 Å². The summed E-state index contributed by atoms with van der Waals surface area (Å²) in [6.07, 6.45) is 0. The molecule has 0 unspecified atom stereocenters. The minimum atomic E-state index is -0.674. The molecule has 0 radical (unpaired) electrons. The van der Waals surface area contributed by atoms with Crippen molar-refractivity contribution in [2.24, 2.45) is 0 Å². The monoisotopic (exact) mass is 464 g/mol. The van der Waals surface area contributed by atoms with Crippen molar-refractivity contribution in [1.82, 2.24) is 40.4 Å². The fourth-order valence-electron chi connectivity index (χ4n) is 3.75. The molecule has 0 fully saturated rings. The summed E-state index contributed by atoms with van der Waals surface area (Å²) in [5.74, 6) is 2.44. The average Bonchev–Trinajstić information content (AvgIpc) is 3.45. The summed E-state index contributed by atoms with van der Waals surface area (Å²) < 4.78 is 14.7. The molecule has 4 aromatic rings. The Morgan fingerprint density at radius 2 is 1.35 bits per heavy atom. The quantitative estimate of drug-likeness (QED) is 0.248. The summed E-state index contributed by atoms with van der Waals surface area (Å²) >= 11 is 0. The van der Waals surface area contributed by atoms with Crippen LogP contribution in [0.15, 0.2) is 36.4 Å². The number of tetrazole rings is 2. The molecule has 14 nitrogen and oxygen atoms in total. The predicted octanol–water partition coefficient (Wildman–Crippen LogP) is 2.07. The van der Waals surface area contributed by atoms with Crippen LogP contribution in [0, 0.1) is 10.1 Å². The first-order chi connectivity index (χ1) is 16.1. The van der Waals surface area contributed by atoms with Gasteiger partial charge in [-0.2, -0.15) is 9.36 Å². The minimum Gasteiger partial charge on any atom is -0.478 e. The molecule has 2 aromatic heterocycles. The van der Waals surface area contributed by atoms with Crippen molar-refractivity contribution in [3.05, 3.63) is 58.2 Å². The Balaban J connectivity index is 0.000000142. The number of aromatic nitrogens is 8. The third kappa shape index (κ3) is 3.35. The van der Waals surface area contributed by atoms with Gasteiger partial charge in [-0.3, -0.25) is 10.1 Å². The van der Waals surface area contributed by atoms with Gasteiger partial charge in [0, 0.05) is 17.8 Å². The number of ether oxygens (including phenoxy) is 2. The smallest absolute Gasteiger partial charge is 0.271 e. The van der Waals surface area contributed by atoms with E-state index < -0.39 is 16.1 Å². The van der Waals surface area contributed by atoms with E-state index in [9.17, 15) is 10.1 Å². The lowest BCUT2D eigenvalue weighted by atomic mass is 10.1. The second-order valence-electron chi connectivity index (χ2n) is 8.69. The number of anilines is 1. The van der Waals surface area contributed by atoms with E-state index in [1.54, 1.807) is 22.9 Å². The first-order valence-corrected chi connectivity index (χ1v) is 10.2. The highest BCUT2D eigenvalue weighted by Gasteiger charge is 2.37. The maximum absolute atomic E-state index is 10.8. The van der Waals surface area contributed by atoms with Crippen LogP contribution in [0.5, 0.6) is 11.5 Å². The first kappa shape index (κ1) is 21.2. The summed E-state index contributed by atoms with van der Waals surface area (Å²) in [6, 6.07) is 9.76. The number of nitrogen functional groups attached to an aromatic ring is 1. The van der Waals surface area contributed by atoms with Crippen molar-refractivity contribution < 1.29 is 14.4 Å². The van der Waals surface area contributed by atoms with Crippen LogP contribution in [-0.2, 0) is 11.2 Å². The van der Waals surface area contributed by atoms with Gasteiger partial charge in [-0.05, 0) is 72.8 Å². The van der Waals surface area contributed by atoms with Gasteiger partial charge < -0.3 is 15.2 Å². The highest BCUT2D eigenvalue weighted by Crippen LogP contribution is 2.39. The molecule has 2 N–H and O–H groups in total. The standard InChI is InChI=1S/C10H9N5O3.C10H11N5O/c1-10(2)9-11-12-13-14(9)7-5-6(15(16)17)3-4-8(7)18-10;1-10(2)9-12-13-14-15(9)7-5-6(11)3-4-8(7)16-10/h3-5H,1-2H3;3-5H,11H2,1-2H3. The molecule has 0 spiro atoms. The zero-order valence-corrected chi connectivity index (χ0v) is 18.7. The number of rotatable bonds is 1. The van der Waals surface area contributed by atoms with E-state index >= 15 is 0 Å². The summed E-state index contributed by atoms with van der Waals surface area (Å²) in [4.78, 5) is 10.3. The Kier molecular flexibility index (Phi) is 4.49. The van der Waals surface area contributed by atoms with Crippen molar-refractivity contribution in [1.29, 1.82) is 0 Å². The third-order valence-corrected chi connectivity index (χ3v) is 5.34. The predicted molar refractivity (Wildman–Crippen MR) is 117 cm³/mol. The molecule has 0 aliphatic carbocycles. The Bertz CT molecular complexity index is 1420. The zero-order chi connectivity index (χ0) is 24.3. The fourth-order valence-corrected chi connectivity index (χ4v) is 3.75.